The van der Waals surface area contributed by atoms with Gasteiger partial charge in [-0.15, -0.1) is 0 Å². The second kappa shape index (κ2) is 6.38. The van der Waals surface area contributed by atoms with Crippen LogP contribution in [0.25, 0.3) is 0 Å². The molecular weight excluding hydrogens is 244 g/mol. The van der Waals surface area contributed by atoms with E-state index >= 15 is 0 Å². The lowest BCUT2D eigenvalue weighted by atomic mass is 10.7. The summed E-state index contributed by atoms with van der Waals surface area (Å²) in [5.74, 6) is 0. The van der Waals surface area contributed by atoms with Gasteiger partial charge in [0.05, 0.1) is 13.2 Å². The molecule has 0 bridgehead atoms. The number of sulfone groups is 1. The van der Waals surface area contributed by atoms with Crippen LogP contribution in [0.5, 0.6) is 0 Å². The number of rotatable bonds is 8. The minimum atomic E-state index is -3.78. The van der Waals surface area contributed by atoms with Gasteiger partial charge in [0.2, 0.25) is 10.0 Å². The molecule has 0 fully saturated rings. The van der Waals surface area contributed by atoms with Gasteiger partial charge >= 0.3 is 0 Å². The topological polar surface area (TPSA) is 116 Å². The second-order valence-electron chi connectivity index (χ2n) is 2.95. The van der Waals surface area contributed by atoms with Crippen molar-refractivity contribution in [3.63, 3.8) is 0 Å². The van der Waals surface area contributed by atoms with Gasteiger partial charge in [-0.05, 0) is 0 Å². The normalized spacial score (nSPS) is 12.9. The van der Waals surface area contributed by atoms with E-state index in [1.807, 2.05) is 0 Å². The lowest BCUT2D eigenvalue weighted by molar-refractivity contribution is 0.147. The molecule has 0 aliphatic carbocycles. The highest BCUT2D eigenvalue weighted by molar-refractivity contribution is 8.06. The molecule has 3 N–H and O–H groups in total. The van der Waals surface area contributed by atoms with Crippen LogP contribution in [0.15, 0.2) is 0 Å². The smallest absolute Gasteiger partial charge is 0.226 e. The van der Waals surface area contributed by atoms with E-state index < -0.39 is 24.9 Å². The number of hydrogen-bond acceptors (Lipinski definition) is 6. The lowest BCUT2D eigenvalue weighted by Gasteiger charge is -2.05. The van der Waals surface area contributed by atoms with Crippen LogP contribution >= 0.6 is 0 Å². The summed E-state index contributed by atoms with van der Waals surface area (Å²) in [7, 11) is -7.32. The van der Waals surface area contributed by atoms with Crippen LogP contribution in [0.3, 0.4) is 0 Å². The molecule has 0 aromatic carbocycles. The minimum Gasteiger partial charge on any atom is -0.379 e. The average molecular weight is 260 g/mol. The molecule has 0 rings (SSSR count). The molecule has 0 aromatic rings. The van der Waals surface area contributed by atoms with Gasteiger partial charge in [0.15, 0.2) is 14.9 Å². The molecule has 0 unspecified atom stereocenters. The number of hydrogen-bond donors (Lipinski definition) is 2. The highest BCUT2D eigenvalue weighted by Gasteiger charge is 2.16. The van der Waals surface area contributed by atoms with Crippen LogP contribution < -0.4 is 10.5 Å². The van der Waals surface area contributed by atoms with Gasteiger partial charge in [0, 0.05) is 19.3 Å². The summed E-state index contributed by atoms with van der Waals surface area (Å²) in [6, 6.07) is 0. The Labute approximate surface area is 90.0 Å². The highest BCUT2D eigenvalue weighted by Crippen LogP contribution is 1.91. The third-order valence-corrected chi connectivity index (χ3v) is 4.80. The monoisotopic (exact) mass is 260 g/mol. The maximum atomic E-state index is 11.1. The zero-order chi connectivity index (χ0) is 11.9. The van der Waals surface area contributed by atoms with Crippen molar-refractivity contribution < 1.29 is 21.6 Å². The fourth-order valence-electron chi connectivity index (χ4n) is 0.778. The molecule has 0 aromatic heterocycles. The second-order valence-corrected chi connectivity index (χ2v) is 7.27. The predicted molar refractivity (Wildman–Crippen MR) is 56.5 cm³/mol. The van der Waals surface area contributed by atoms with Crippen molar-refractivity contribution in [2.75, 3.05) is 37.6 Å². The lowest BCUT2D eigenvalue weighted by Crippen LogP contribution is -2.32. The SMILES string of the molecule is CS(=O)(=O)CS(=O)(=O)NCCOCCN. The molecule has 0 aliphatic rings. The zero-order valence-electron chi connectivity index (χ0n) is 8.47. The standard InChI is InChI=1S/C6H16N2O5S2/c1-14(9,10)6-15(11,12)8-3-5-13-4-2-7/h8H,2-7H2,1H3. The van der Waals surface area contributed by atoms with E-state index in [0.717, 1.165) is 6.26 Å². The van der Waals surface area contributed by atoms with Gasteiger partial charge in [-0.3, -0.25) is 0 Å². The molecule has 15 heavy (non-hydrogen) atoms. The Bertz CT molecular complexity index is 361. The molecule has 92 valence electrons. The Kier molecular flexibility index (Phi) is 6.29. The molecule has 0 radical (unpaired) electrons. The summed E-state index contributed by atoms with van der Waals surface area (Å²) in [4.78, 5) is 0. The van der Waals surface area contributed by atoms with E-state index in [1.165, 1.54) is 0 Å². The van der Waals surface area contributed by atoms with Gasteiger partial charge in [0.1, 0.15) is 0 Å². The van der Waals surface area contributed by atoms with Crippen LogP contribution in [-0.4, -0.2) is 54.5 Å². The summed E-state index contributed by atoms with van der Waals surface area (Å²) in [6.07, 6.45) is 0.858. The molecule has 7 nitrogen and oxygen atoms in total. The maximum Gasteiger partial charge on any atom is 0.226 e. The van der Waals surface area contributed by atoms with Crippen molar-refractivity contribution in [1.82, 2.24) is 4.72 Å². The van der Waals surface area contributed by atoms with Crippen LogP contribution in [-0.2, 0) is 24.6 Å². The molecule has 0 amide bonds. The predicted octanol–water partition coefficient (Wildman–Crippen LogP) is -2.12. The first kappa shape index (κ1) is 14.8. The van der Waals surface area contributed by atoms with Crippen molar-refractivity contribution in [3.05, 3.63) is 0 Å². The molecule has 0 saturated carbocycles. The summed E-state index contributed by atoms with van der Waals surface area (Å²) < 4.78 is 50.7. The fourth-order valence-corrected chi connectivity index (χ4v) is 3.76. The first-order valence-corrected chi connectivity index (χ1v) is 7.91. The molecule has 0 atom stereocenters. The van der Waals surface area contributed by atoms with Crippen LogP contribution in [0.2, 0.25) is 0 Å². The van der Waals surface area contributed by atoms with Crippen LogP contribution in [0.4, 0.5) is 0 Å². The number of nitrogens with two attached hydrogens (primary N) is 1. The van der Waals surface area contributed by atoms with Crippen LogP contribution in [0, 0.1) is 0 Å². The van der Waals surface area contributed by atoms with Crippen molar-refractivity contribution in [2.24, 2.45) is 5.73 Å². The number of sulfonamides is 1. The van der Waals surface area contributed by atoms with Crippen molar-refractivity contribution >= 4 is 19.9 Å². The van der Waals surface area contributed by atoms with E-state index in [-0.39, 0.29) is 13.2 Å². The molecule has 9 heteroatoms. The Hall–Kier alpha value is -0.220. The largest absolute Gasteiger partial charge is 0.379 e. The third kappa shape index (κ3) is 10.1. The Balaban J connectivity index is 3.86. The van der Waals surface area contributed by atoms with Crippen molar-refractivity contribution in [3.8, 4) is 0 Å². The van der Waals surface area contributed by atoms with Crippen molar-refractivity contribution in [1.29, 1.82) is 0 Å². The van der Waals surface area contributed by atoms with Gasteiger partial charge in [-0.2, -0.15) is 0 Å². The van der Waals surface area contributed by atoms with E-state index in [1.54, 1.807) is 0 Å². The van der Waals surface area contributed by atoms with E-state index in [2.05, 4.69) is 4.72 Å². The summed E-state index contributed by atoms with van der Waals surface area (Å²) in [6.45, 7) is 0.905. The molecular formula is C6H16N2O5S2. The van der Waals surface area contributed by atoms with Gasteiger partial charge in [-0.1, -0.05) is 0 Å². The first-order chi connectivity index (χ1) is 6.77. The fraction of sp³-hybridized carbons (Fsp3) is 1.00. The molecule has 0 spiro atoms. The summed E-state index contributed by atoms with van der Waals surface area (Å²) >= 11 is 0. The zero-order valence-corrected chi connectivity index (χ0v) is 10.1. The van der Waals surface area contributed by atoms with Crippen molar-refractivity contribution in [2.45, 2.75) is 0 Å². The minimum absolute atomic E-state index is 0.0395. The Morgan fingerprint density at radius 2 is 1.80 bits per heavy atom. The number of nitrogens with one attached hydrogen (secondary N) is 1. The quantitative estimate of drug-likeness (QED) is 0.482. The van der Waals surface area contributed by atoms with E-state index in [0.29, 0.717) is 13.2 Å². The highest BCUT2D eigenvalue weighted by atomic mass is 32.3. The van der Waals surface area contributed by atoms with Gasteiger partial charge in [0.25, 0.3) is 0 Å². The Morgan fingerprint density at radius 3 is 2.27 bits per heavy atom. The van der Waals surface area contributed by atoms with Gasteiger partial charge in [-0.25, -0.2) is 21.6 Å². The van der Waals surface area contributed by atoms with Crippen LogP contribution in [0.1, 0.15) is 0 Å². The third-order valence-electron chi connectivity index (χ3n) is 1.20. The maximum absolute atomic E-state index is 11.1. The average Bonchev–Trinajstić information content (AvgIpc) is 1.99. The number of ether oxygens (including phenoxy) is 1. The van der Waals surface area contributed by atoms with E-state index in [9.17, 15) is 16.8 Å². The molecule has 0 aliphatic heterocycles. The molecule has 0 saturated heterocycles. The summed E-state index contributed by atoms with van der Waals surface area (Å²) in [5, 5.41) is -0.906. The molecule has 0 heterocycles. The first-order valence-electron chi connectivity index (χ1n) is 4.20. The van der Waals surface area contributed by atoms with E-state index in [4.69, 9.17) is 10.5 Å². The Morgan fingerprint density at radius 1 is 1.20 bits per heavy atom. The summed E-state index contributed by atoms with van der Waals surface area (Å²) in [5.41, 5.74) is 5.14. The van der Waals surface area contributed by atoms with Gasteiger partial charge < -0.3 is 10.5 Å².